The van der Waals surface area contributed by atoms with Crippen molar-refractivity contribution in [1.29, 1.82) is 0 Å². The van der Waals surface area contributed by atoms with Gasteiger partial charge in [-0.05, 0) is 31.7 Å². The van der Waals surface area contributed by atoms with Gasteiger partial charge in [0, 0.05) is 7.41 Å². The van der Waals surface area contributed by atoms with Crippen LogP contribution in [0.4, 0.5) is 0 Å². The van der Waals surface area contributed by atoms with Gasteiger partial charge in [-0.3, -0.25) is 0 Å². The lowest BCUT2D eigenvalue weighted by atomic mass is 9.86. The molecule has 0 amide bonds. The molecule has 3 unspecified atom stereocenters. The van der Waals surface area contributed by atoms with Crippen LogP contribution in [0.5, 0.6) is 0 Å². The van der Waals surface area contributed by atoms with Crippen molar-refractivity contribution in [2.45, 2.75) is 38.1 Å². The summed E-state index contributed by atoms with van der Waals surface area (Å²) in [6, 6.07) is 0.705. The van der Waals surface area contributed by atoms with E-state index in [-0.39, 0.29) is 6.52 Å². The van der Waals surface area contributed by atoms with Crippen molar-refractivity contribution >= 4 is 0 Å². The summed E-state index contributed by atoms with van der Waals surface area (Å²) in [5.41, 5.74) is 0. The van der Waals surface area contributed by atoms with Crippen LogP contribution in [0.15, 0.2) is 0 Å². The first-order chi connectivity index (χ1) is 4.86. The topological polar surface area (TPSA) is 12.0 Å². The number of fused-ring (bicyclic) bond motifs is 1. The Morgan fingerprint density at radius 1 is 1.22 bits per heavy atom. The Morgan fingerprint density at radius 3 is 3.00 bits per heavy atom. The van der Waals surface area contributed by atoms with Gasteiger partial charge in [-0.2, -0.15) is 0 Å². The van der Waals surface area contributed by atoms with Crippen molar-refractivity contribution in [3.05, 3.63) is 0 Å². The van der Waals surface area contributed by atoms with Crippen LogP contribution in [-0.2, 0) is 0 Å². The fourth-order valence-electron chi connectivity index (χ4n) is 2.08. The Morgan fingerprint density at radius 2 is 2.11 bits per heavy atom. The van der Waals surface area contributed by atoms with Gasteiger partial charge in [-0.25, -0.2) is 0 Å². The van der Waals surface area contributed by atoms with Crippen LogP contribution < -0.4 is 5.32 Å². The summed E-state index contributed by atoms with van der Waals surface area (Å²) in [7, 11) is 0. The summed E-state index contributed by atoms with van der Waals surface area (Å²) >= 11 is 0. The maximum atomic E-state index is 7.52. The summed E-state index contributed by atoms with van der Waals surface area (Å²) in [6.45, 7) is 0.0492. The highest BCUT2D eigenvalue weighted by Gasteiger charge is 2.28. The van der Waals surface area contributed by atoms with Crippen LogP contribution in [-0.4, -0.2) is 12.6 Å². The second kappa shape index (κ2) is 2.30. The minimum absolute atomic E-state index is 0.0492. The molecule has 2 rings (SSSR count). The zero-order chi connectivity index (χ0) is 6.97. The molecule has 1 N–H and O–H groups in total. The monoisotopic (exact) mass is 126 g/mol. The Bertz CT molecular complexity index is 112. The molecule has 1 aliphatic carbocycles. The first kappa shape index (κ1) is 4.73. The van der Waals surface area contributed by atoms with E-state index in [0.29, 0.717) is 6.04 Å². The maximum Gasteiger partial charge on any atom is 0.0428 e. The van der Waals surface area contributed by atoms with E-state index in [9.17, 15) is 0 Å². The lowest BCUT2D eigenvalue weighted by Crippen LogP contribution is -2.29. The van der Waals surface area contributed by atoms with E-state index in [1.807, 2.05) is 0 Å². The lowest BCUT2D eigenvalue weighted by molar-refractivity contribution is 0.326. The molecule has 1 nitrogen and oxygen atoms in total. The molecule has 1 saturated carbocycles. The van der Waals surface area contributed by atoms with E-state index in [1.54, 1.807) is 0 Å². The fourth-order valence-corrected chi connectivity index (χ4v) is 2.08. The van der Waals surface area contributed by atoms with Crippen molar-refractivity contribution < 1.29 is 1.37 Å². The first-order valence-electron chi connectivity index (χ1n) is 4.62. The van der Waals surface area contributed by atoms with Gasteiger partial charge in [0.15, 0.2) is 0 Å². The molecule has 2 fully saturated rings. The smallest absolute Gasteiger partial charge is 0.0428 e. The van der Waals surface area contributed by atoms with Crippen molar-refractivity contribution in [2.24, 2.45) is 5.92 Å². The molecule has 0 bridgehead atoms. The van der Waals surface area contributed by atoms with Gasteiger partial charge in [-0.1, -0.05) is 12.8 Å². The maximum absolute atomic E-state index is 7.52. The third kappa shape index (κ3) is 0.983. The quantitative estimate of drug-likeness (QED) is 0.519. The largest absolute Gasteiger partial charge is 0.314 e. The normalized spacial score (nSPS) is 52.4. The summed E-state index contributed by atoms with van der Waals surface area (Å²) in [4.78, 5) is 0. The van der Waals surface area contributed by atoms with Gasteiger partial charge in [0.25, 0.3) is 0 Å². The molecule has 0 spiro atoms. The molecule has 0 radical (unpaired) electrons. The minimum atomic E-state index is 0.0492. The SMILES string of the molecule is [2H]C1CC2CCCCC2N1. The summed E-state index contributed by atoms with van der Waals surface area (Å²) in [5.74, 6) is 0.844. The highest BCUT2D eigenvalue weighted by Crippen LogP contribution is 2.29. The third-order valence-corrected chi connectivity index (χ3v) is 2.66. The molecular weight excluding hydrogens is 110 g/mol. The standard InChI is InChI=1S/C8H15N/c1-2-4-8-7(3-1)5-6-9-8/h7-9H,1-6H2/i6D. The molecule has 0 aromatic heterocycles. The number of hydrogen-bond acceptors (Lipinski definition) is 1. The zero-order valence-corrected chi connectivity index (χ0v) is 5.77. The van der Waals surface area contributed by atoms with Crippen molar-refractivity contribution in [3.8, 4) is 0 Å². The second-order valence-electron chi connectivity index (χ2n) is 3.26. The fraction of sp³-hybridized carbons (Fsp3) is 1.00. The molecule has 1 heteroatoms. The van der Waals surface area contributed by atoms with Gasteiger partial charge in [0.05, 0.1) is 0 Å². The van der Waals surface area contributed by atoms with Crippen LogP contribution >= 0.6 is 0 Å². The van der Waals surface area contributed by atoms with E-state index in [1.165, 1.54) is 25.7 Å². The van der Waals surface area contributed by atoms with E-state index in [4.69, 9.17) is 1.37 Å². The first-order valence-corrected chi connectivity index (χ1v) is 4.04. The Kier molecular flexibility index (Phi) is 1.21. The number of hydrogen-bond donors (Lipinski definition) is 1. The highest BCUT2D eigenvalue weighted by molar-refractivity contribution is 4.86. The van der Waals surface area contributed by atoms with Crippen LogP contribution in [0.1, 0.15) is 33.5 Å². The average Bonchev–Trinajstić information content (AvgIpc) is 2.27. The van der Waals surface area contributed by atoms with Crippen LogP contribution in [0.25, 0.3) is 0 Å². The van der Waals surface area contributed by atoms with Crippen LogP contribution in [0.2, 0.25) is 0 Å². The molecule has 1 heterocycles. The van der Waals surface area contributed by atoms with Crippen molar-refractivity contribution in [2.75, 3.05) is 6.52 Å². The number of rotatable bonds is 0. The highest BCUT2D eigenvalue weighted by atomic mass is 15.0. The molecule has 2 aliphatic rings. The van der Waals surface area contributed by atoms with Crippen molar-refractivity contribution in [1.82, 2.24) is 5.32 Å². The summed E-state index contributed by atoms with van der Waals surface area (Å²) < 4.78 is 7.52. The Hall–Kier alpha value is -0.0400. The molecule has 52 valence electrons. The van der Waals surface area contributed by atoms with Gasteiger partial charge >= 0.3 is 0 Å². The Balaban J connectivity index is 1.97. The molecule has 9 heavy (non-hydrogen) atoms. The van der Waals surface area contributed by atoms with Gasteiger partial charge in [0.1, 0.15) is 0 Å². The molecular formula is C8H15N. The van der Waals surface area contributed by atoms with Crippen LogP contribution in [0, 0.1) is 5.92 Å². The third-order valence-electron chi connectivity index (χ3n) is 2.66. The molecule has 1 aliphatic heterocycles. The summed E-state index contributed by atoms with van der Waals surface area (Å²) in [6.07, 6.45) is 6.56. The van der Waals surface area contributed by atoms with Gasteiger partial charge < -0.3 is 5.32 Å². The zero-order valence-electron chi connectivity index (χ0n) is 6.77. The second-order valence-corrected chi connectivity index (χ2v) is 3.26. The molecule has 0 aromatic carbocycles. The molecule has 3 atom stereocenters. The Labute approximate surface area is 58.2 Å². The van der Waals surface area contributed by atoms with E-state index in [0.717, 1.165) is 12.3 Å². The van der Waals surface area contributed by atoms with Gasteiger partial charge in [0.2, 0.25) is 0 Å². The van der Waals surface area contributed by atoms with Gasteiger partial charge in [-0.15, -0.1) is 0 Å². The van der Waals surface area contributed by atoms with Crippen LogP contribution in [0.3, 0.4) is 0 Å². The molecule has 1 saturated heterocycles. The molecule has 0 aromatic rings. The minimum Gasteiger partial charge on any atom is -0.314 e. The lowest BCUT2D eigenvalue weighted by Gasteiger charge is -2.24. The van der Waals surface area contributed by atoms with Crippen molar-refractivity contribution in [3.63, 3.8) is 0 Å². The average molecular weight is 126 g/mol. The summed E-state index contributed by atoms with van der Waals surface area (Å²) in [5, 5.41) is 3.32. The predicted octanol–water partition coefficient (Wildman–Crippen LogP) is 1.54. The van der Waals surface area contributed by atoms with E-state index < -0.39 is 0 Å². The van der Waals surface area contributed by atoms with E-state index >= 15 is 0 Å². The van der Waals surface area contributed by atoms with E-state index in [2.05, 4.69) is 5.32 Å². The predicted molar refractivity (Wildman–Crippen MR) is 38.4 cm³/mol. The number of nitrogens with one attached hydrogen (secondary N) is 1.